The molecule has 0 aliphatic carbocycles. The second-order valence-electron chi connectivity index (χ2n) is 4.99. The van der Waals surface area contributed by atoms with E-state index in [2.05, 4.69) is 21.1 Å². The Balaban J connectivity index is 0.00000117. The summed E-state index contributed by atoms with van der Waals surface area (Å²) in [6.07, 6.45) is 1.70. The van der Waals surface area contributed by atoms with Gasteiger partial charge in [-0.15, -0.1) is 0 Å². The molecule has 3 rings (SSSR count). The summed E-state index contributed by atoms with van der Waals surface area (Å²) in [7, 11) is 4.73. The summed E-state index contributed by atoms with van der Waals surface area (Å²) < 4.78 is 22.7. The quantitative estimate of drug-likeness (QED) is 0.520. The number of aromatic nitrogens is 1. The predicted octanol–water partition coefficient (Wildman–Crippen LogP) is 5.82. The molecule has 0 aliphatic heterocycles. The highest BCUT2D eigenvalue weighted by Crippen LogP contribution is 2.43. The van der Waals surface area contributed by atoms with Crippen molar-refractivity contribution in [2.24, 2.45) is 0 Å². The molecule has 5 nitrogen and oxygen atoms in total. The van der Waals surface area contributed by atoms with Gasteiger partial charge >= 0.3 is 0 Å². The van der Waals surface area contributed by atoms with Crippen molar-refractivity contribution in [1.29, 1.82) is 0 Å². The molecule has 0 N–H and O–H groups in total. The molecule has 1 heterocycles. The van der Waals surface area contributed by atoms with Crippen molar-refractivity contribution in [2.75, 3.05) is 21.3 Å². The molecular weight excluding hydrogens is 398 g/mol. The Kier molecular flexibility index (Phi) is 7.09. The Morgan fingerprint density at radius 3 is 1.92 bits per heavy atom. The van der Waals surface area contributed by atoms with Crippen molar-refractivity contribution in [3.8, 4) is 39.7 Å². The number of halogens is 1. The summed E-state index contributed by atoms with van der Waals surface area (Å²) in [5.74, 6) is 2.29. The van der Waals surface area contributed by atoms with Crippen LogP contribution in [0.15, 0.2) is 51.6 Å². The summed E-state index contributed by atoms with van der Waals surface area (Å²) in [6.45, 7) is 4.00. The van der Waals surface area contributed by atoms with Gasteiger partial charge in [0.05, 0.1) is 27.5 Å². The fourth-order valence-electron chi connectivity index (χ4n) is 2.50. The van der Waals surface area contributed by atoms with Crippen molar-refractivity contribution in [1.82, 2.24) is 5.16 Å². The van der Waals surface area contributed by atoms with Gasteiger partial charge in [0, 0.05) is 15.6 Å². The topological polar surface area (TPSA) is 53.7 Å². The average Bonchev–Trinajstić information content (AvgIpc) is 3.18. The van der Waals surface area contributed by atoms with Gasteiger partial charge in [-0.3, -0.25) is 0 Å². The van der Waals surface area contributed by atoms with E-state index >= 15 is 0 Å². The molecule has 0 unspecified atom stereocenters. The van der Waals surface area contributed by atoms with Crippen molar-refractivity contribution in [3.05, 3.63) is 47.1 Å². The maximum Gasteiger partial charge on any atom is 0.203 e. The lowest BCUT2D eigenvalue weighted by Gasteiger charge is -2.13. The molecule has 0 saturated heterocycles. The smallest absolute Gasteiger partial charge is 0.203 e. The van der Waals surface area contributed by atoms with E-state index < -0.39 is 0 Å². The van der Waals surface area contributed by atoms with E-state index in [0.29, 0.717) is 23.0 Å². The van der Waals surface area contributed by atoms with Crippen LogP contribution in [0.3, 0.4) is 0 Å². The van der Waals surface area contributed by atoms with E-state index in [-0.39, 0.29) is 0 Å². The first-order chi connectivity index (χ1) is 12.7. The second-order valence-corrected chi connectivity index (χ2v) is 5.91. The third kappa shape index (κ3) is 4.02. The summed E-state index contributed by atoms with van der Waals surface area (Å²) in [5, 5.41) is 3.95. The molecule has 2 aromatic carbocycles. The molecule has 0 aliphatic rings. The molecule has 26 heavy (non-hydrogen) atoms. The molecule has 0 saturated carbocycles. The lowest BCUT2D eigenvalue weighted by Crippen LogP contribution is -1.95. The first kappa shape index (κ1) is 19.8. The highest BCUT2D eigenvalue weighted by atomic mass is 79.9. The van der Waals surface area contributed by atoms with E-state index in [0.717, 1.165) is 21.2 Å². The number of methoxy groups -OCH3 is 3. The molecule has 0 amide bonds. The van der Waals surface area contributed by atoms with E-state index in [1.54, 1.807) is 27.5 Å². The van der Waals surface area contributed by atoms with Crippen LogP contribution in [0.1, 0.15) is 13.8 Å². The van der Waals surface area contributed by atoms with Crippen LogP contribution < -0.4 is 14.2 Å². The molecule has 1 aromatic heterocycles. The third-order valence-corrected chi connectivity index (χ3v) is 4.18. The monoisotopic (exact) mass is 419 g/mol. The number of ether oxygens (including phenoxy) is 3. The van der Waals surface area contributed by atoms with Crippen LogP contribution in [0.2, 0.25) is 0 Å². The van der Waals surface area contributed by atoms with Gasteiger partial charge in [0.1, 0.15) is 0 Å². The van der Waals surface area contributed by atoms with Crippen LogP contribution >= 0.6 is 15.9 Å². The van der Waals surface area contributed by atoms with Crippen LogP contribution in [-0.4, -0.2) is 26.5 Å². The number of rotatable bonds is 5. The van der Waals surface area contributed by atoms with Gasteiger partial charge < -0.3 is 18.7 Å². The van der Waals surface area contributed by atoms with Crippen molar-refractivity contribution >= 4 is 15.9 Å². The largest absolute Gasteiger partial charge is 0.493 e. The number of hydrogen-bond donors (Lipinski definition) is 0. The normalized spacial score (nSPS) is 9.92. The number of hydrogen-bond acceptors (Lipinski definition) is 5. The molecule has 0 bridgehead atoms. The molecule has 6 heteroatoms. The van der Waals surface area contributed by atoms with Crippen molar-refractivity contribution < 1.29 is 18.7 Å². The summed E-state index contributed by atoms with van der Waals surface area (Å²) in [4.78, 5) is 0. The Hall–Kier alpha value is -2.47. The minimum absolute atomic E-state index is 0.536. The van der Waals surface area contributed by atoms with Crippen LogP contribution in [0, 0.1) is 0 Å². The Morgan fingerprint density at radius 2 is 1.42 bits per heavy atom. The third-order valence-electron chi connectivity index (χ3n) is 3.65. The van der Waals surface area contributed by atoms with Crippen molar-refractivity contribution in [3.63, 3.8) is 0 Å². The molecular formula is C20H22BrNO4. The molecule has 0 fully saturated rings. The minimum Gasteiger partial charge on any atom is -0.493 e. The predicted molar refractivity (Wildman–Crippen MR) is 106 cm³/mol. The second kappa shape index (κ2) is 9.29. The van der Waals surface area contributed by atoms with E-state index in [1.165, 1.54) is 0 Å². The molecule has 138 valence electrons. The summed E-state index contributed by atoms with van der Waals surface area (Å²) >= 11 is 3.44. The lowest BCUT2D eigenvalue weighted by atomic mass is 10.0. The fourth-order valence-corrected chi connectivity index (χ4v) is 2.76. The SMILES string of the molecule is CC.COc1cc(-c2oncc2-c2ccc(Br)cc2)cc(OC)c1OC. The number of nitrogens with zero attached hydrogens (tertiary/aromatic N) is 1. The Labute approximate surface area is 162 Å². The summed E-state index contributed by atoms with van der Waals surface area (Å²) in [6, 6.07) is 11.6. The average molecular weight is 420 g/mol. The maximum atomic E-state index is 5.49. The van der Waals surface area contributed by atoms with Gasteiger partial charge in [-0.1, -0.05) is 47.1 Å². The van der Waals surface area contributed by atoms with Gasteiger partial charge in [0.15, 0.2) is 17.3 Å². The van der Waals surface area contributed by atoms with Gasteiger partial charge in [-0.05, 0) is 29.8 Å². The first-order valence-electron chi connectivity index (χ1n) is 8.19. The van der Waals surface area contributed by atoms with E-state index in [1.807, 2.05) is 50.2 Å². The Morgan fingerprint density at radius 1 is 0.846 bits per heavy atom. The highest BCUT2D eigenvalue weighted by Gasteiger charge is 2.19. The standard InChI is InChI=1S/C18H16BrNO4.C2H6/c1-21-15-8-12(9-16(22-2)18(15)23-3)17-14(10-20-24-17)11-4-6-13(19)7-5-11;1-2/h4-10H,1-3H3;1-2H3. The van der Waals surface area contributed by atoms with Crippen LogP contribution in [-0.2, 0) is 0 Å². The van der Waals surface area contributed by atoms with Gasteiger partial charge in [-0.25, -0.2) is 0 Å². The number of benzene rings is 2. The van der Waals surface area contributed by atoms with Crippen molar-refractivity contribution in [2.45, 2.75) is 13.8 Å². The lowest BCUT2D eigenvalue weighted by molar-refractivity contribution is 0.324. The minimum atomic E-state index is 0.536. The first-order valence-corrected chi connectivity index (χ1v) is 8.98. The molecule has 0 spiro atoms. The molecule has 0 atom stereocenters. The van der Waals surface area contributed by atoms with Gasteiger partial charge in [0.2, 0.25) is 5.75 Å². The van der Waals surface area contributed by atoms with E-state index in [4.69, 9.17) is 18.7 Å². The summed E-state index contributed by atoms with van der Waals surface area (Å²) in [5.41, 5.74) is 2.68. The molecule has 3 aromatic rings. The van der Waals surface area contributed by atoms with Crippen LogP contribution in [0.4, 0.5) is 0 Å². The van der Waals surface area contributed by atoms with Crippen LogP contribution in [0.25, 0.3) is 22.5 Å². The maximum absolute atomic E-state index is 5.49. The fraction of sp³-hybridized carbons (Fsp3) is 0.250. The molecule has 0 radical (unpaired) electrons. The van der Waals surface area contributed by atoms with Gasteiger partial charge in [0.25, 0.3) is 0 Å². The van der Waals surface area contributed by atoms with E-state index in [9.17, 15) is 0 Å². The van der Waals surface area contributed by atoms with Crippen LogP contribution in [0.5, 0.6) is 17.2 Å². The van der Waals surface area contributed by atoms with Gasteiger partial charge in [-0.2, -0.15) is 0 Å². The zero-order valence-corrected chi connectivity index (χ0v) is 17.1. The zero-order valence-electron chi connectivity index (χ0n) is 15.5. The zero-order chi connectivity index (χ0) is 19.1. The Bertz CT molecular complexity index is 818. The highest BCUT2D eigenvalue weighted by molar-refractivity contribution is 9.10.